The lowest BCUT2D eigenvalue weighted by molar-refractivity contribution is 0.240. The molecule has 0 saturated carbocycles. The molecule has 2 heterocycles. The van der Waals surface area contributed by atoms with Crippen LogP contribution in [0.25, 0.3) is 0 Å². The fourth-order valence-corrected chi connectivity index (χ4v) is 2.78. The number of hydrogen-bond acceptors (Lipinski definition) is 2. The summed E-state index contributed by atoms with van der Waals surface area (Å²) in [7, 11) is 1.93. The zero-order valence-corrected chi connectivity index (χ0v) is 12.6. The SMILES string of the molecule is Cn1cccc1CNC(=O)NCc1cc2c([nH]c1=O)CCC2. The molecule has 6 heteroatoms. The molecule has 3 rings (SSSR count). The third-order valence-electron chi connectivity index (χ3n) is 4.09. The lowest BCUT2D eigenvalue weighted by Crippen LogP contribution is -2.36. The number of pyridine rings is 1. The molecule has 116 valence electrons. The van der Waals surface area contributed by atoms with Crippen molar-refractivity contribution in [1.82, 2.24) is 20.2 Å². The molecule has 0 atom stereocenters. The van der Waals surface area contributed by atoms with Gasteiger partial charge in [0, 0.05) is 36.7 Å². The van der Waals surface area contributed by atoms with Gasteiger partial charge in [0.05, 0.1) is 6.54 Å². The normalized spacial score (nSPS) is 13.0. The number of carbonyl (C=O) groups is 1. The van der Waals surface area contributed by atoms with Crippen LogP contribution in [0.3, 0.4) is 0 Å². The van der Waals surface area contributed by atoms with Crippen molar-refractivity contribution in [3.05, 3.63) is 57.3 Å². The second-order valence-corrected chi connectivity index (χ2v) is 5.63. The molecule has 0 unspecified atom stereocenters. The van der Waals surface area contributed by atoms with Gasteiger partial charge in [0.25, 0.3) is 5.56 Å². The fourth-order valence-electron chi connectivity index (χ4n) is 2.78. The summed E-state index contributed by atoms with van der Waals surface area (Å²) in [5, 5.41) is 5.52. The molecular weight excluding hydrogens is 280 g/mol. The quantitative estimate of drug-likeness (QED) is 0.793. The molecule has 6 nitrogen and oxygen atoms in total. The average Bonchev–Trinajstić information content (AvgIpc) is 3.11. The fraction of sp³-hybridized carbons (Fsp3) is 0.375. The largest absolute Gasteiger partial charge is 0.353 e. The highest BCUT2D eigenvalue weighted by Crippen LogP contribution is 2.18. The van der Waals surface area contributed by atoms with E-state index in [1.165, 1.54) is 5.56 Å². The molecule has 2 aromatic rings. The van der Waals surface area contributed by atoms with Crippen molar-refractivity contribution in [2.75, 3.05) is 0 Å². The first-order chi connectivity index (χ1) is 10.6. The smallest absolute Gasteiger partial charge is 0.315 e. The van der Waals surface area contributed by atoms with E-state index in [0.29, 0.717) is 12.1 Å². The van der Waals surface area contributed by atoms with Crippen LogP contribution in [0.15, 0.2) is 29.2 Å². The number of aromatic amines is 1. The number of aromatic nitrogens is 2. The number of urea groups is 1. The Hall–Kier alpha value is -2.50. The summed E-state index contributed by atoms with van der Waals surface area (Å²) >= 11 is 0. The number of fused-ring (bicyclic) bond motifs is 1. The Morgan fingerprint density at radius 3 is 2.91 bits per heavy atom. The second-order valence-electron chi connectivity index (χ2n) is 5.63. The Balaban J connectivity index is 1.55. The van der Waals surface area contributed by atoms with Gasteiger partial charge in [-0.15, -0.1) is 0 Å². The lowest BCUT2D eigenvalue weighted by atomic mass is 10.1. The molecule has 0 aliphatic heterocycles. The predicted octanol–water partition coefficient (Wildman–Crippen LogP) is 1.20. The van der Waals surface area contributed by atoms with Crippen LogP contribution in [-0.2, 0) is 33.0 Å². The Bertz CT molecular complexity index is 745. The highest BCUT2D eigenvalue weighted by molar-refractivity contribution is 5.73. The van der Waals surface area contributed by atoms with Crippen molar-refractivity contribution in [2.45, 2.75) is 32.4 Å². The molecule has 0 aromatic carbocycles. The van der Waals surface area contributed by atoms with Crippen LogP contribution in [0, 0.1) is 0 Å². The third-order valence-corrected chi connectivity index (χ3v) is 4.09. The minimum atomic E-state index is -0.277. The Morgan fingerprint density at radius 2 is 2.14 bits per heavy atom. The summed E-state index contributed by atoms with van der Waals surface area (Å²) in [5.74, 6) is 0. The van der Waals surface area contributed by atoms with E-state index in [1.54, 1.807) is 0 Å². The number of H-pyrrole nitrogens is 1. The number of nitrogens with zero attached hydrogens (tertiary/aromatic N) is 1. The van der Waals surface area contributed by atoms with Crippen LogP contribution in [0.1, 0.15) is 28.9 Å². The van der Waals surface area contributed by atoms with Crippen LogP contribution >= 0.6 is 0 Å². The summed E-state index contributed by atoms with van der Waals surface area (Å²) in [6, 6.07) is 5.52. The molecule has 0 bridgehead atoms. The van der Waals surface area contributed by atoms with E-state index >= 15 is 0 Å². The molecule has 22 heavy (non-hydrogen) atoms. The van der Waals surface area contributed by atoms with Crippen molar-refractivity contribution < 1.29 is 4.79 Å². The van der Waals surface area contributed by atoms with E-state index in [0.717, 1.165) is 30.7 Å². The molecule has 1 aliphatic rings. The number of hydrogen-bond donors (Lipinski definition) is 3. The van der Waals surface area contributed by atoms with E-state index < -0.39 is 0 Å². The van der Waals surface area contributed by atoms with E-state index in [9.17, 15) is 9.59 Å². The average molecular weight is 300 g/mol. The standard InChI is InChI=1S/C16H20N4O2/c1-20-7-3-5-13(20)10-18-16(22)17-9-12-8-11-4-2-6-14(11)19-15(12)21/h3,5,7-8H,2,4,6,9-10H2,1H3,(H,19,21)(H2,17,18,22). The summed E-state index contributed by atoms with van der Waals surface area (Å²) in [6.45, 7) is 0.692. The van der Waals surface area contributed by atoms with Crippen molar-refractivity contribution in [3.8, 4) is 0 Å². The van der Waals surface area contributed by atoms with Gasteiger partial charge in [0.1, 0.15) is 0 Å². The third kappa shape index (κ3) is 3.05. The minimum absolute atomic E-state index is 0.108. The molecule has 2 aromatic heterocycles. The van der Waals surface area contributed by atoms with Crippen LogP contribution < -0.4 is 16.2 Å². The number of aryl methyl sites for hydroxylation is 3. The lowest BCUT2D eigenvalue weighted by Gasteiger charge is -2.09. The summed E-state index contributed by atoms with van der Waals surface area (Å²) in [4.78, 5) is 26.7. The molecule has 0 radical (unpaired) electrons. The number of rotatable bonds is 4. The first-order valence-electron chi connectivity index (χ1n) is 7.49. The highest BCUT2D eigenvalue weighted by atomic mass is 16.2. The Morgan fingerprint density at radius 1 is 1.32 bits per heavy atom. The summed E-state index contributed by atoms with van der Waals surface area (Å²) < 4.78 is 1.95. The van der Waals surface area contributed by atoms with Gasteiger partial charge in [-0.2, -0.15) is 0 Å². The van der Waals surface area contributed by atoms with Gasteiger partial charge in [0.2, 0.25) is 0 Å². The first-order valence-corrected chi connectivity index (χ1v) is 7.49. The van der Waals surface area contributed by atoms with Gasteiger partial charge in [-0.05, 0) is 43.0 Å². The maximum Gasteiger partial charge on any atom is 0.315 e. The molecule has 3 N–H and O–H groups in total. The maximum atomic E-state index is 12.0. The number of nitrogens with one attached hydrogen (secondary N) is 3. The number of amides is 2. The van der Waals surface area contributed by atoms with Gasteiger partial charge >= 0.3 is 6.03 Å². The molecule has 0 fully saturated rings. The molecule has 0 saturated heterocycles. The summed E-state index contributed by atoms with van der Waals surface area (Å²) in [6.07, 6.45) is 4.95. The Labute approximate surface area is 128 Å². The van der Waals surface area contributed by atoms with E-state index in [1.807, 2.05) is 36.0 Å². The van der Waals surface area contributed by atoms with Crippen LogP contribution in [0.5, 0.6) is 0 Å². The van der Waals surface area contributed by atoms with Gasteiger partial charge in [0.15, 0.2) is 0 Å². The van der Waals surface area contributed by atoms with Gasteiger partial charge in [-0.25, -0.2) is 4.79 Å². The molecule has 1 aliphatic carbocycles. The zero-order valence-electron chi connectivity index (χ0n) is 12.6. The van der Waals surface area contributed by atoms with E-state index in [2.05, 4.69) is 15.6 Å². The van der Waals surface area contributed by atoms with Crippen molar-refractivity contribution in [2.24, 2.45) is 7.05 Å². The first kappa shape index (κ1) is 14.4. The molecule has 0 spiro atoms. The number of carbonyl (C=O) groups excluding carboxylic acids is 1. The van der Waals surface area contributed by atoms with E-state index in [4.69, 9.17) is 0 Å². The van der Waals surface area contributed by atoms with E-state index in [-0.39, 0.29) is 18.1 Å². The Kier molecular flexibility index (Phi) is 4.00. The minimum Gasteiger partial charge on any atom is -0.353 e. The second kappa shape index (κ2) is 6.09. The zero-order chi connectivity index (χ0) is 15.5. The van der Waals surface area contributed by atoms with Gasteiger partial charge in [-0.3, -0.25) is 4.79 Å². The van der Waals surface area contributed by atoms with Crippen molar-refractivity contribution in [1.29, 1.82) is 0 Å². The van der Waals surface area contributed by atoms with Crippen molar-refractivity contribution >= 4 is 6.03 Å². The monoisotopic (exact) mass is 300 g/mol. The molecular formula is C16H20N4O2. The van der Waals surface area contributed by atoms with Crippen LogP contribution in [-0.4, -0.2) is 15.6 Å². The topological polar surface area (TPSA) is 78.9 Å². The highest BCUT2D eigenvalue weighted by Gasteiger charge is 2.14. The maximum absolute atomic E-state index is 12.0. The van der Waals surface area contributed by atoms with Crippen LogP contribution in [0.4, 0.5) is 4.79 Å². The van der Waals surface area contributed by atoms with Gasteiger partial charge in [-0.1, -0.05) is 0 Å². The van der Waals surface area contributed by atoms with Gasteiger partial charge < -0.3 is 20.2 Å². The van der Waals surface area contributed by atoms with Crippen molar-refractivity contribution in [3.63, 3.8) is 0 Å². The summed E-state index contributed by atoms with van der Waals surface area (Å²) in [5.41, 5.74) is 3.76. The van der Waals surface area contributed by atoms with Crippen LogP contribution in [0.2, 0.25) is 0 Å². The predicted molar refractivity (Wildman–Crippen MR) is 83.6 cm³/mol. The molecule has 2 amide bonds.